The number of benzene rings is 1. The van der Waals surface area contributed by atoms with E-state index in [2.05, 4.69) is 5.32 Å². The molecule has 2 fully saturated rings. The smallest absolute Gasteiger partial charge is 0.319 e. The highest BCUT2D eigenvalue weighted by Crippen LogP contribution is 2.32. The van der Waals surface area contributed by atoms with Gasteiger partial charge in [-0.25, -0.2) is 4.39 Å². The van der Waals surface area contributed by atoms with Crippen molar-refractivity contribution in [1.82, 2.24) is 14.5 Å². The molecule has 1 amide bonds. The summed E-state index contributed by atoms with van der Waals surface area (Å²) in [5, 5.41) is 3.13. The molecule has 3 rings (SSSR count). The molecule has 7 nitrogen and oxygen atoms in total. The first-order valence-corrected chi connectivity index (χ1v) is 8.73. The standard InChI is InChI=1S/C14H18FN3O4S/c15-12-4-2-1-3-11(12)10-18-13(19)9-16-14(18)5-7-17(8-6-14)23(20,21)22/h1-4,16H,5-10H2,(H,20,21,22). The van der Waals surface area contributed by atoms with Gasteiger partial charge in [-0.05, 0) is 18.9 Å². The van der Waals surface area contributed by atoms with E-state index in [1.54, 1.807) is 23.1 Å². The number of nitrogens with zero attached hydrogens (tertiary/aromatic N) is 2. The molecule has 23 heavy (non-hydrogen) atoms. The predicted molar refractivity (Wildman–Crippen MR) is 80.0 cm³/mol. The van der Waals surface area contributed by atoms with Crippen LogP contribution < -0.4 is 5.32 Å². The van der Waals surface area contributed by atoms with Gasteiger partial charge in [-0.3, -0.25) is 14.7 Å². The zero-order valence-corrected chi connectivity index (χ0v) is 13.2. The molecule has 9 heteroatoms. The number of carbonyl (C=O) groups is 1. The largest absolute Gasteiger partial charge is 0.335 e. The van der Waals surface area contributed by atoms with Gasteiger partial charge in [-0.15, -0.1) is 0 Å². The Kier molecular flexibility index (Phi) is 4.13. The number of carbonyl (C=O) groups excluding carboxylic acids is 1. The van der Waals surface area contributed by atoms with E-state index in [9.17, 15) is 17.6 Å². The van der Waals surface area contributed by atoms with E-state index in [1.807, 2.05) is 0 Å². The number of halogens is 1. The maximum Gasteiger partial charge on any atom is 0.335 e. The minimum absolute atomic E-state index is 0.104. The second-order valence-electron chi connectivity index (χ2n) is 5.83. The highest BCUT2D eigenvalue weighted by Gasteiger charge is 2.48. The van der Waals surface area contributed by atoms with E-state index in [0.717, 1.165) is 4.31 Å². The average molecular weight is 343 g/mol. The van der Waals surface area contributed by atoms with Crippen LogP contribution in [0.4, 0.5) is 4.39 Å². The van der Waals surface area contributed by atoms with E-state index in [0.29, 0.717) is 18.4 Å². The summed E-state index contributed by atoms with van der Waals surface area (Å²) in [6.07, 6.45) is 0.681. The van der Waals surface area contributed by atoms with Crippen molar-refractivity contribution < 1.29 is 22.2 Å². The molecular weight excluding hydrogens is 325 g/mol. The lowest BCUT2D eigenvalue weighted by Gasteiger charge is -2.43. The molecule has 0 aromatic heterocycles. The number of rotatable bonds is 3. The Bertz CT molecular complexity index is 716. The van der Waals surface area contributed by atoms with E-state index in [4.69, 9.17) is 4.55 Å². The summed E-state index contributed by atoms with van der Waals surface area (Å²) in [4.78, 5) is 13.8. The Morgan fingerprint density at radius 2 is 1.91 bits per heavy atom. The molecule has 0 unspecified atom stereocenters. The molecule has 0 aliphatic carbocycles. The number of nitrogens with one attached hydrogen (secondary N) is 1. The first kappa shape index (κ1) is 16.3. The normalized spacial score (nSPS) is 22.0. The predicted octanol–water partition coefficient (Wildman–Crippen LogP) is 0.352. The zero-order chi connectivity index (χ0) is 16.7. The number of piperidine rings is 1. The summed E-state index contributed by atoms with van der Waals surface area (Å²) < 4.78 is 46.4. The van der Waals surface area contributed by atoms with Crippen LogP contribution in [0.25, 0.3) is 0 Å². The van der Waals surface area contributed by atoms with Gasteiger partial charge in [0.05, 0.1) is 18.8 Å². The van der Waals surface area contributed by atoms with Gasteiger partial charge in [-0.2, -0.15) is 12.7 Å². The third-order valence-corrected chi connectivity index (χ3v) is 5.57. The van der Waals surface area contributed by atoms with E-state index >= 15 is 0 Å². The van der Waals surface area contributed by atoms with Gasteiger partial charge in [0.25, 0.3) is 0 Å². The Labute approximate surface area is 133 Å². The van der Waals surface area contributed by atoms with E-state index < -0.39 is 16.0 Å². The molecule has 1 aromatic rings. The fourth-order valence-corrected chi connectivity index (χ4v) is 3.88. The molecule has 126 valence electrons. The third-order valence-electron chi connectivity index (χ3n) is 4.55. The molecule has 0 saturated carbocycles. The van der Waals surface area contributed by atoms with Crippen LogP contribution in [0.2, 0.25) is 0 Å². The zero-order valence-electron chi connectivity index (χ0n) is 12.4. The average Bonchev–Trinajstić information content (AvgIpc) is 2.78. The van der Waals surface area contributed by atoms with Crippen LogP contribution >= 0.6 is 0 Å². The maximum atomic E-state index is 13.9. The van der Waals surface area contributed by atoms with Crippen molar-refractivity contribution in [3.05, 3.63) is 35.6 Å². The van der Waals surface area contributed by atoms with Crippen molar-refractivity contribution in [1.29, 1.82) is 0 Å². The topological polar surface area (TPSA) is 90.0 Å². The molecule has 0 radical (unpaired) electrons. The Balaban J connectivity index is 1.80. The van der Waals surface area contributed by atoms with E-state index in [1.165, 1.54) is 6.07 Å². The van der Waals surface area contributed by atoms with Gasteiger partial charge in [0, 0.05) is 18.7 Å². The van der Waals surface area contributed by atoms with Crippen molar-refractivity contribution >= 4 is 16.2 Å². The molecule has 1 aromatic carbocycles. The fourth-order valence-electron chi connectivity index (χ4n) is 3.24. The first-order chi connectivity index (χ1) is 10.8. The van der Waals surface area contributed by atoms with Crippen LogP contribution in [0.5, 0.6) is 0 Å². The lowest BCUT2D eigenvalue weighted by Crippen LogP contribution is -2.58. The molecule has 2 aliphatic rings. The minimum Gasteiger partial charge on any atom is -0.319 e. The van der Waals surface area contributed by atoms with Gasteiger partial charge in [-0.1, -0.05) is 18.2 Å². The van der Waals surface area contributed by atoms with Crippen molar-refractivity contribution in [2.45, 2.75) is 25.0 Å². The van der Waals surface area contributed by atoms with Gasteiger partial charge >= 0.3 is 10.3 Å². The minimum atomic E-state index is -4.23. The first-order valence-electron chi connectivity index (χ1n) is 7.33. The van der Waals surface area contributed by atoms with Crippen LogP contribution in [-0.2, 0) is 21.6 Å². The molecule has 2 aliphatic heterocycles. The second-order valence-corrected chi connectivity index (χ2v) is 7.25. The van der Waals surface area contributed by atoms with E-state index in [-0.39, 0.29) is 37.9 Å². The molecule has 0 bridgehead atoms. The fraction of sp³-hybridized carbons (Fsp3) is 0.500. The van der Waals surface area contributed by atoms with Crippen LogP contribution in [0.1, 0.15) is 18.4 Å². The highest BCUT2D eigenvalue weighted by molar-refractivity contribution is 7.83. The molecule has 2 N–H and O–H groups in total. The Morgan fingerprint density at radius 1 is 1.26 bits per heavy atom. The molecule has 2 saturated heterocycles. The van der Waals surface area contributed by atoms with Crippen LogP contribution in [0, 0.1) is 5.82 Å². The number of amides is 1. The second kappa shape index (κ2) is 5.82. The maximum absolute atomic E-state index is 13.9. The summed E-state index contributed by atoms with van der Waals surface area (Å²) in [5.41, 5.74) is -0.276. The molecule has 0 atom stereocenters. The molecule has 1 spiro atoms. The van der Waals surface area contributed by atoms with Gasteiger partial charge < -0.3 is 4.90 Å². The van der Waals surface area contributed by atoms with Crippen molar-refractivity contribution in [2.75, 3.05) is 19.6 Å². The Morgan fingerprint density at radius 3 is 2.52 bits per heavy atom. The quantitative estimate of drug-likeness (QED) is 0.773. The lowest BCUT2D eigenvalue weighted by atomic mass is 9.96. The summed E-state index contributed by atoms with van der Waals surface area (Å²) >= 11 is 0. The van der Waals surface area contributed by atoms with Gasteiger partial charge in [0.1, 0.15) is 5.82 Å². The highest BCUT2D eigenvalue weighted by atomic mass is 32.2. The SMILES string of the molecule is O=C1CNC2(CCN(S(=O)(=O)O)CC2)N1Cc1ccccc1F. The van der Waals surface area contributed by atoms with Crippen molar-refractivity contribution in [3.8, 4) is 0 Å². The summed E-state index contributed by atoms with van der Waals surface area (Å²) in [5.74, 6) is -0.522. The summed E-state index contributed by atoms with van der Waals surface area (Å²) in [6, 6.07) is 6.27. The summed E-state index contributed by atoms with van der Waals surface area (Å²) in [6.45, 7) is 0.477. The van der Waals surface area contributed by atoms with Crippen LogP contribution in [0.15, 0.2) is 24.3 Å². The third kappa shape index (κ3) is 3.09. The summed E-state index contributed by atoms with van der Waals surface area (Å²) in [7, 11) is -4.23. The van der Waals surface area contributed by atoms with Gasteiger partial charge in [0.2, 0.25) is 5.91 Å². The van der Waals surface area contributed by atoms with Crippen LogP contribution in [0.3, 0.4) is 0 Å². The molecular formula is C14H18FN3O4S. The monoisotopic (exact) mass is 343 g/mol. The number of hydrogen-bond donors (Lipinski definition) is 2. The van der Waals surface area contributed by atoms with Crippen molar-refractivity contribution in [2.24, 2.45) is 0 Å². The lowest BCUT2D eigenvalue weighted by molar-refractivity contribution is -0.132. The van der Waals surface area contributed by atoms with Gasteiger partial charge in [0.15, 0.2) is 0 Å². The Hall–Kier alpha value is -1.55. The van der Waals surface area contributed by atoms with Crippen molar-refractivity contribution in [3.63, 3.8) is 0 Å². The molecule has 2 heterocycles. The number of hydrogen-bond acceptors (Lipinski definition) is 4. The van der Waals surface area contributed by atoms with Crippen LogP contribution in [-0.4, -0.2) is 53.4 Å².